The molecule has 2 aromatic carbocycles. The number of amides is 1. The molecule has 2 heterocycles. The highest BCUT2D eigenvalue weighted by Gasteiger charge is 2.11. The number of hydrogen-bond donors (Lipinski definition) is 1. The second kappa shape index (κ2) is 6.79. The van der Waals surface area contributed by atoms with E-state index in [2.05, 4.69) is 20.6 Å². The lowest BCUT2D eigenvalue weighted by molar-refractivity contribution is -0.117. The highest BCUT2D eigenvalue weighted by molar-refractivity contribution is 5.86. The van der Waals surface area contributed by atoms with Crippen LogP contribution in [-0.4, -0.2) is 25.8 Å². The van der Waals surface area contributed by atoms with Crippen LogP contribution >= 0.6 is 0 Å². The maximum absolute atomic E-state index is 12.2. The van der Waals surface area contributed by atoms with Crippen LogP contribution < -0.4 is 5.43 Å². The monoisotopic (exact) mass is 347 g/mol. The van der Waals surface area contributed by atoms with Gasteiger partial charge in [-0.3, -0.25) is 10.2 Å². The molecule has 0 unspecified atom stereocenters. The molecule has 0 fully saturated rings. The number of hydrogen-bond acceptors (Lipinski definition) is 5. The fraction of sp³-hybridized carbons (Fsp3) is 0.158. The second-order valence-electron chi connectivity index (χ2n) is 6.01. The van der Waals surface area contributed by atoms with Crippen molar-refractivity contribution in [3.63, 3.8) is 0 Å². The summed E-state index contributed by atoms with van der Waals surface area (Å²) in [6.07, 6.45) is 2.20. The van der Waals surface area contributed by atoms with Crippen molar-refractivity contribution in [2.45, 2.75) is 19.8 Å². The molecule has 0 atom stereocenters. The topological polar surface area (TPSA) is 85.8 Å². The van der Waals surface area contributed by atoms with Crippen LogP contribution in [0.2, 0.25) is 0 Å². The number of aromatic nitrogens is 4. The van der Waals surface area contributed by atoms with Crippen LogP contribution in [0.3, 0.4) is 0 Å². The summed E-state index contributed by atoms with van der Waals surface area (Å²) in [5.41, 5.74) is 6.51. The highest BCUT2D eigenvalue weighted by Crippen LogP contribution is 2.18. The van der Waals surface area contributed by atoms with E-state index < -0.39 is 0 Å². The summed E-state index contributed by atoms with van der Waals surface area (Å²) in [5.74, 6) is 0.746. The van der Waals surface area contributed by atoms with Crippen molar-refractivity contribution in [3.05, 3.63) is 66.3 Å². The van der Waals surface area contributed by atoms with Gasteiger partial charge in [0.05, 0.1) is 11.0 Å². The maximum atomic E-state index is 12.2. The molecule has 0 radical (unpaired) electrons. The quantitative estimate of drug-likeness (QED) is 0.599. The minimum Gasteiger partial charge on any atom is -0.421 e. The van der Waals surface area contributed by atoms with Crippen LogP contribution in [0, 0.1) is 6.92 Å². The summed E-state index contributed by atoms with van der Waals surface area (Å²) < 4.78 is 7.26. The largest absolute Gasteiger partial charge is 0.421 e. The van der Waals surface area contributed by atoms with Gasteiger partial charge < -0.3 is 4.42 Å². The van der Waals surface area contributed by atoms with Crippen molar-refractivity contribution in [1.82, 2.24) is 19.9 Å². The second-order valence-corrected chi connectivity index (χ2v) is 6.01. The Hall–Kier alpha value is -3.48. The van der Waals surface area contributed by atoms with Crippen molar-refractivity contribution in [2.75, 3.05) is 5.43 Å². The molecule has 130 valence electrons. The van der Waals surface area contributed by atoms with Crippen LogP contribution in [-0.2, 0) is 11.2 Å². The number of aryl methyl sites for hydroxylation is 2. The van der Waals surface area contributed by atoms with E-state index >= 15 is 0 Å². The van der Waals surface area contributed by atoms with Gasteiger partial charge in [0.2, 0.25) is 17.7 Å². The van der Waals surface area contributed by atoms with Gasteiger partial charge >= 0.3 is 0 Å². The number of para-hydroxylation sites is 2. The van der Waals surface area contributed by atoms with E-state index in [9.17, 15) is 4.79 Å². The Morgan fingerprint density at radius 3 is 2.77 bits per heavy atom. The van der Waals surface area contributed by atoms with E-state index in [1.54, 1.807) is 11.0 Å². The zero-order valence-electron chi connectivity index (χ0n) is 14.2. The first-order valence-electron chi connectivity index (χ1n) is 8.30. The number of benzene rings is 2. The predicted octanol–water partition coefficient (Wildman–Crippen LogP) is 3.10. The Kier molecular flexibility index (Phi) is 4.18. The van der Waals surface area contributed by atoms with E-state index in [0.717, 1.165) is 22.2 Å². The Balaban J connectivity index is 1.38. The van der Waals surface area contributed by atoms with Gasteiger partial charge in [0.1, 0.15) is 6.33 Å². The smallest absolute Gasteiger partial charge is 0.247 e. The summed E-state index contributed by atoms with van der Waals surface area (Å²) in [6, 6.07) is 15.4. The normalized spacial score (nSPS) is 11.0. The molecule has 2 aromatic heterocycles. The molecule has 0 saturated carbocycles. The number of carbonyl (C=O) groups excluding carboxylic acids is 1. The van der Waals surface area contributed by atoms with E-state index in [4.69, 9.17) is 4.42 Å². The fourth-order valence-corrected chi connectivity index (χ4v) is 2.63. The molecule has 1 amide bonds. The number of rotatable bonds is 5. The lowest BCUT2D eigenvalue weighted by atomic mass is 10.1. The molecule has 0 aliphatic heterocycles. The fourth-order valence-electron chi connectivity index (χ4n) is 2.63. The van der Waals surface area contributed by atoms with Crippen molar-refractivity contribution in [3.8, 4) is 11.5 Å². The molecular weight excluding hydrogens is 330 g/mol. The highest BCUT2D eigenvalue weighted by atomic mass is 16.4. The molecule has 7 heteroatoms. The number of carbonyl (C=O) groups is 1. The number of nitrogens with one attached hydrogen (secondary N) is 1. The maximum Gasteiger partial charge on any atom is 0.247 e. The molecular formula is C19H17N5O2. The van der Waals surface area contributed by atoms with Gasteiger partial charge in [-0.15, -0.1) is 10.2 Å². The van der Waals surface area contributed by atoms with Gasteiger partial charge in [0, 0.05) is 18.4 Å². The summed E-state index contributed by atoms with van der Waals surface area (Å²) in [6.45, 7) is 2.02. The number of fused-ring (bicyclic) bond motifs is 1. The van der Waals surface area contributed by atoms with Crippen molar-refractivity contribution >= 4 is 16.9 Å². The molecule has 0 saturated heterocycles. The van der Waals surface area contributed by atoms with E-state index in [-0.39, 0.29) is 12.3 Å². The summed E-state index contributed by atoms with van der Waals surface area (Å²) in [4.78, 5) is 16.4. The Bertz CT molecular complexity index is 1050. The van der Waals surface area contributed by atoms with Crippen molar-refractivity contribution < 1.29 is 9.21 Å². The van der Waals surface area contributed by atoms with E-state index in [1.165, 1.54) is 0 Å². The van der Waals surface area contributed by atoms with Gasteiger partial charge in [0.25, 0.3) is 0 Å². The lowest BCUT2D eigenvalue weighted by Crippen LogP contribution is -2.22. The molecule has 0 spiro atoms. The zero-order chi connectivity index (χ0) is 17.9. The molecule has 0 aliphatic carbocycles. The van der Waals surface area contributed by atoms with Gasteiger partial charge in [-0.05, 0) is 31.2 Å². The first-order valence-corrected chi connectivity index (χ1v) is 8.30. The molecule has 4 aromatic rings. The Morgan fingerprint density at radius 2 is 1.92 bits per heavy atom. The average Bonchev–Trinajstić information content (AvgIpc) is 3.28. The Morgan fingerprint density at radius 1 is 1.12 bits per heavy atom. The first kappa shape index (κ1) is 16.0. The number of nitrogens with zero attached hydrogens (tertiary/aromatic N) is 4. The summed E-state index contributed by atoms with van der Waals surface area (Å²) in [5, 5.41) is 8.07. The first-order chi connectivity index (χ1) is 12.7. The third-order valence-corrected chi connectivity index (χ3v) is 4.03. The molecule has 26 heavy (non-hydrogen) atoms. The zero-order valence-corrected chi connectivity index (χ0v) is 14.2. The van der Waals surface area contributed by atoms with Crippen LogP contribution in [0.4, 0.5) is 0 Å². The average molecular weight is 347 g/mol. The SMILES string of the molecule is Cc1ccc(-c2nnc(CCC(=O)Nn3cnc4ccccc43)o2)cc1. The van der Waals surface area contributed by atoms with Gasteiger partial charge in [-0.2, -0.15) is 0 Å². The predicted molar refractivity (Wildman–Crippen MR) is 96.9 cm³/mol. The van der Waals surface area contributed by atoms with Gasteiger partial charge in [-0.1, -0.05) is 29.8 Å². The third kappa shape index (κ3) is 3.32. The van der Waals surface area contributed by atoms with E-state index in [1.807, 2.05) is 55.5 Å². The van der Waals surface area contributed by atoms with Crippen LogP contribution in [0.25, 0.3) is 22.5 Å². The van der Waals surface area contributed by atoms with Gasteiger partial charge in [0.15, 0.2) is 0 Å². The van der Waals surface area contributed by atoms with Crippen molar-refractivity contribution in [1.29, 1.82) is 0 Å². The summed E-state index contributed by atoms with van der Waals surface area (Å²) in [7, 11) is 0. The van der Waals surface area contributed by atoms with Crippen LogP contribution in [0.5, 0.6) is 0 Å². The molecule has 0 bridgehead atoms. The summed E-state index contributed by atoms with van der Waals surface area (Å²) >= 11 is 0. The Labute approximate surface area is 149 Å². The van der Waals surface area contributed by atoms with Crippen molar-refractivity contribution in [2.24, 2.45) is 0 Å². The number of imidazole rings is 1. The minimum atomic E-state index is -0.150. The molecule has 4 rings (SSSR count). The van der Waals surface area contributed by atoms with Crippen LogP contribution in [0.1, 0.15) is 17.9 Å². The van der Waals surface area contributed by atoms with E-state index in [0.29, 0.717) is 18.2 Å². The molecule has 0 aliphatic rings. The van der Waals surface area contributed by atoms with Gasteiger partial charge in [-0.25, -0.2) is 9.66 Å². The standard InChI is InChI=1S/C19H17N5O2/c1-13-6-8-14(9-7-13)19-22-21-18(26-19)11-10-17(25)23-24-12-20-15-4-2-3-5-16(15)24/h2-9,12H,10-11H2,1H3,(H,23,25). The minimum absolute atomic E-state index is 0.150. The van der Waals surface area contributed by atoms with Crippen LogP contribution in [0.15, 0.2) is 59.3 Å². The lowest BCUT2D eigenvalue weighted by Gasteiger charge is -2.05. The molecule has 7 nitrogen and oxygen atoms in total. The third-order valence-electron chi connectivity index (χ3n) is 4.03. The molecule has 1 N–H and O–H groups in total.